The standard InChI is InChI=1S/C10H20N2O4S2/c11-7(9(15)1-3-13)5-17-18-6-8(12)10(16)2-4-14/h7-8,13-14H,1-6,11-12H2. The van der Waals surface area contributed by atoms with E-state index < -0.39 is 12.1 Å². The van der Waals surface area contributed by atoms with Crippen LogP contribution in [0.15, 0.2) is 0 Å². The Labute approximate surface area is 114 Å². The Morgan fingerprint density at radius 3 is 1.50 bits per heavy atom. The van der Waals surface area contributed by atoms with Crippen molar-refractivity contribution in [3.63, 3.8) is 0 Å². The molecule has 0 saturated heterocycles. The first-order chi connectivity index (χ1) is 8.52. The van der Waals surface area contributed by atoms with Gasteiger partial charge in [0.15, 0.2) is 11.6 Å². The number of aliphatic hydroxyl groups excluding tert-OH is 2. The summed E-state index contributed by atoms with van der Waals surface area (Å²) in [5.41, 5.74) is 11.2. The first kappa shape index (κ1) is 17.9. The van der Waals surface area contributed by atoms with E-state index in [0.29, 0.717) is 11.5 Å². The highest BCUT2D eigenvalue weighted by molar-refractivity contribution is 8.76. The van der Waals surface area contributed by atoms with Crippen LogP contribution >= 0.6 is 21.6 Å². The lowest BCUT2D eigenvalue weighted by atomic mass is 10.2. The molecule has 6 nitrogen and oxygen atoms in total. The van der Waals surface area contributed by atoms with Crippen molar-refractivity contribution in [2.45, 2.75) is 24.9 Å². The normalized spacial score (nSPS) is 14.2. The Balaban J connectivity index is 3.66. The monoisotopic (exact) mass is 296 g/mol. The minimum atomic E-state index is -0.598. The first-order valence-electron chi connectivity index (χ1n) is 5.55. The van der Waals surface area contributed by atoms with Crippen LogP contribution in [-0.2, 0) is 9.59 Å². The molecule has 0 aromatic rings. The molecule has 0 radical (unpaired) electrons. The zero-order chi connectivity index (χ0) is 14.0. The predicted molar refractivity (Wildman–Crippen MR) is 74.3 cm³/mol. The van der Waals surface area contributed by atoms with Crippen molar-refractivity contribution in [3.8, 4) is 0 Å². The smallest absolute Gasteiger partial charge is 0.152 e. The summed E-state index contributed by atoms with van der Waals surface area (Å²) < 4.78 is 0. The van der Waals surface area contributed by atoms with Crippen molar-refractivity contribution in [1.29, 1.82) is 0 Å². The minimum absolute atomic E-state index is 0.0703. The lowest BCUT2D eigenvalue weighted by molar-refractivity contribution is -0.121. The van der Waals surface area contributed by atoms with Gasteiger partial charge in [0.1, 0.15) is 0 Å². The molecule has 106 valence electrons. The van der Waals surface area contributed by atoms with Gasteiger partial charge in [-0.05, 0) is 0 Å². The van der Waals surface area contributed by atoms with E-state index >= 15 is 0 Å². The van der Waals surface area contributed by atoms with E-state index in [9.17, 15) is 9.59 Å². The molecule has 0 rings (SSSR count). The number of carbonyl (C=O) groups is 2. The second-order valence-electron chi connectivity index (χ2n) is 3.66. The number of hydrogen-bond acceptors (Lipinski definition) is 8. The lowest BCUT2D eigenvalue weighted by Gasteiger charge is -2.11. The van der Waals surface area contributed by atoms with Gasteiger partial charge in [-0.3, -0.25) is 9.59 Å². The molecule has 18 heavy (non-hydrogen) atoms. The zero-order valence-corrected chi connectivity index (χ0v) is 11.7. The third kappa shape index (κ3) is 8.06. The number of carbonyl (C=O) groups excluding carboxylic acids is 2. The van der Waals surface area contributed by atoms with Crippen molar-refractivity contribution >= 4 is 33.2 Å². The quantitative estimate of drug-likeness (QED) is 0.280. The zero-order valence-electron chi connectivity index (χ0n) is 10.1. The van der Waals surface area contributed by atoms with Crippen LogP contribution in [0.2, 0.25) is 0 Å². The second-order valence-corrected chi connectivity index (χ2v) is 6.21. The molecule has 6 N–H and O–H groups in total. The summed E-state index contributed by atoms with van der Waals surface area (Å²) in [6.45, 7) is -0.379. The molecule has 0 aromatic carbocycles. The topological polar surface area (TPSA) is 127 Å². The molecule has 0 saturated carbocycles. The van der Waals surface area contributed by atoms with Gasteiger partial charge >= 0.3 is 0 Å². The van der Waals surface area contributed by atoms with Gasteiger partial charge in [-0.15, -0.1) is 0 Å². The average Bonchev–Trinajstić information content (AvgIpc) is 2.34. The number of rotatable bonds is 11. The van der Waals surface area contributed by atoms with E-state index in [-0.39, 0.29) is 37.6 Å². The van der Waals surface area contributed by atoms with Crippen LogP contribution in [0.3, 0.4) is 0 Å². The Bertz CT molecular complexity index is 240. The number of hydrogen-bond donors (Lipinski definition) is 4. The summed E-state index contributed by atoms with van der Waals surface area (Å²) >= 11 is 0. The van der Waals surface area contributed by atoms with Crippen LogP contribution in [0.4, 0.5) is 0 Å². The van der Waals surface area contributed by atoms with Gasteiger partial charge in [0.2, 0.25) is 0 Å². The Morgan fingerprint density at radius 1 is 0.889 bits per heavy atom. The van der Waals surface area contributed by atoms with Crippen LogP contribution in [0.25, 0.3) is 0 Å². The highest BCUT2D eigenvalue weighted by Gasteiger charge is 2.15. The molecule has 0 heterocycles. The molecule has 0 spiro atoms. The van der Waals surface area contributed by atoms with E-state index in [2.05, 4.69) is 0 Å². The summed E-state index contributed by atoms with van der Waals surface area (Å²) in [5, 5.41) is 17.2. The second kappa shape index (κ2) is 10.8. The van der Waals surface area contributed by atoms with Gasteiger partial charge in [-0.2, -0.15) is 0 Å². The van der Waals surface area contributed by atoms with Gasteiger partial charge < -0.3 is 21.7 Å². The summed E-state index contributed by atoms with van der Waals surface area (Å²) in [7, 11) is 2.75. The van der Waals surface area contributed by atoms with Gasteiger partial charge in [-0.25, -0.2) is 0 Å². The molecular formula is C10H20N2O4S2. The SMILES string of the molecule is NC(CSSCC(N)C(=O)CCO)C(=O)CCO. The maximum Gasteiger partial charge on any atom is 0.152 e. The Morgan fingerprint density at radius 2 is 1.22 bits per heavy atom. The third-order valence-corrected chi connectivity index (χ3v) is 4.60. The molecule has 0 aliphatic rings. The van der Waals surface area contributed by atoms with Crippen molar-refractivity contribution in [3.05, 3.63) is 0 Å². The van der Waals surface area contributed by atoms with Crippen LogP contribution in [0.1, 0.15) is 12.8 Å². The number of aliphatic hydroxyl groups is 2. The maximum absolute atomic E-state index is 11.3. The largest absolute Gasteiger partial charge is 0.396 e. The Hall–Kier alpha value is -0.120. The molecule has 0 fully saturated rings. The summed E-state index contributed by atoms with van der Waals surface area (Å²) in [4.78, 5) is 22.5. The highest BCUT2D eigenvalue weighted by atomic mass is 33.1. The van der Waals surface area contributed by atoms with Gasteiger partial charge in [0.05, 0.1) is 25.3 Å². The predicted octanol–water partition coefficient (Wildman–Crippen LogP) is -1.07. The van der Waals surface area contributed by atoms with E-state index in [1.54, 1.807) is 0 Å². The minimum Gasteiger partial charge on any atom is -0.396 e. The molecule has 0 amide bonds. The average molecular weight is 296 g/mol. The number of Topliss-reactive ketones (excluding diaryl/α,β-unsaturated/α-hetero) is 2. The number of nitrogens with two attached hydrogens (primary N) is 2. The van der Waals surface area contributed by atoms with Gasteiger partial charge in [0, 0.05) is 24.3 Å². The van der Waals surface area contributed by atoms with E-state index in [1.807, 2.05) is 0 Å². The molecule has 0 aromatic heterocycles. The van der Waals surface area contributed by atoms with Crippen LogP contribution in [0, 0.1) is 0 Å². The van der Waals surface area contributed by atoms with Crippen molar-refractivity contribution in [2.75, 3.05) is 24.7 Å². The molecule has 8 heteroatoms. The lowest BCUT2D eigenvalue weighted by Crippen LogP contribution is -2.34. The molecular weight excluding hydrogens is 276 g/mol. The maximum atomic E-state index is 11.3. The van der Waals surface area contributed by atoms with Crippen LogP contribution < -0.4 is 11.5 Å². The van der Waals surface area contributed by atoms with Crippen LogP contribution in [-0.4, -0.2) is 58.6 Å². The molecule has 2 atom stereocenters. The summed E-state index contributed by atoms with van der Waals surface area (Å²) in [6.07, 6.45) is 0.141. The highest BCUT2D eigenvalue weighted by Crippen LogP contribution is 2.22. The van der Waals surface area contributed by atoms with Gasteiger partial charge in [-0.1, -0.05) is 21.6 Å². The summed E-state index contributed by atoms with van der Waals surface area (Å²) in [5.74, 6) is 0.493. The molecule has 0 aliphatic heterocycles. The fourth-order valence-electron chi connectivity index (χ4n) is 1.02. The van der Waals surface area contributed by atoms with Crippen molar-refractivity contribution < 1.29 is 19.8 Å². The number of ketones is 2. The fourth-order valence-corrected chi connectivity index (χ4v) is 3.33. The van der Waals surface area contributed by atoms with Crippen LogP contribution in [0.5, 0.6) is 0 Å². The van der Waals surface area contributed by atoms with E-state index in [1.165, 1.54) is 21.6 Å². The van der Waals surface area contributed by atoms with E-state index in [4.69, 9.17) is 21.7 Å². The summed E-state index contributed by atoms with van der Waals surface area (Å²) in [6, 6.07) is -1.20. The van der Waals surface area contributed by atoms with Crippen molar-refractivity contribution in [2.24, 2.45) is 11.5 Å². The van der Waals surface area contributed by atoms with E-state index in [0.717, 1.165) is 0 Å². The third-order valence-electron chi connectivity index (χ3n) is 2.12. The van der Waals surface area contributed by atoms with Gasteiger partial charge in [0.25, 0.3) is 0 Å². The Kier molecular flexibility index (Phi) is 10.7. The molecule has 2 unspecified atom stereocenters. The first-order valence-corrected chi connectivity index (χ1v) is 8.04. The fraction of sp³-hybridized carbons (Fsp3) is 0.800. The molecule has 0 aliphatic carbocycles. The van der Waals surface area contributed by atoms with Crippen molar-refractivity contribution in [1.82, 2.24) is 0 Å². The molecule has 0 bridgehead atoms.